The first kappa shape index (κ1) is 12.7. The summed E-state index contributed by atoms with van der Waals surface area (Å²) in [5.74, 6) is -0.301. The van der Waals surface area contributed by atoms with Crippen LogP contribution in [0, 0.1) is 5.82 Å². The van der Waals surface area contributed by atoms with E-state index in [1.807, 2.05) is 16.9 Å². The molecule has 0 spiro atoms. The second kappa shape index (κ2) is 6.26. The molecular formula is C13H17FN4. The van der Waals surface area contributed by atoms with Crippen molar-refractivity contribution in [3.8, 4) is 0 Å². The zero-order valence-electron chi connectivity index (χ0n) is 10.4. The highest BCUT2D eigenvalue weighted by molar-refractivity contribution is 5.09. The molecule has 2 heterocycles. The van der Waals surface area contributed by atoms with Gasteiger partial charge in [-0.05, 0) is 24.6 Å². The van der Waals surface area contributed by atoms with Gasteiger partial charge in [0.25, 0.3) is 0 Å². The van der Waals surface area contributed by atoms with Crippen LogP contribution in [0.5, 0.6) is 0 Å². The Kier molecular flexibility index (Phi) is 4.41. The van der Waals surface area contributed by atoms with Gasteiger partial charge in [-0.2, -0.15) is 5.10 Å². The molecule has 1 atom stereocenters. The predicted molar refractivity (Wildman–Crippen MR) is 67.5 cm³/mol. The smallest absolute Gasteiger partial charge is 0.141 e. The maximum Gasteiger partial charge on any atom is 0.141 e. The van der Waals surface area contributed by atoms with Crippen molar-refractivity contribution in [3.05, 3.63) is 48.3 Å². The molecule has 4 nitrogen and oxygen atoms in total. The molecule has 5 heteroatoms. The third-order valence-electron chi connectivity index (χ3n) is 2.81. The fourth-order valence-electron chi connectivity index (χ4n) is 1.84. The molecule has 0 bridgehead atoms. The fraction of sp³-hybridized carbons (Fsp3) is 0.385. The summed E-state index contributed by atoms with van der Waals surface area (Å²) in [4.78, 5) is 4.11. The van der Waals surface area contributed by atoms with Crippen molar-refractivity contribution in [1.82, 2.24) is 20.1 Å². The van der Waals surface area contributed by atoms with E-state index in [0.29, 0.717) is 0 Å². The molecule has 1 unspecified atom stereocenters. The van der Waals surface area contributed by atoms with Crippen LogP contribution >= 0.6 is 0 Å². The van der Waals surface area contributed by atoms with Gasteiger partial charge in [0.1, 0.15) is 5.82 Å². The predicted octanol–water partition coefficient (Wildman–Crippen LogP) is 2.16. The molecule has 0 saturated heterocycles. The highest BCUT2D eigenvalue weighted by Crippen LogP contribution is 2.13. The minimum atomic E-state index is -0.301. The molecule has 0 amide bonds. The number of nitrogens with one attached hydrogen (secondary N) is 1. The van der Waals surface area contributed by atoms with Crippen molar-refractivity contribution in [1.29, 1.82) is 0 Å². The van der Waals surface area contributed by atoms with Gasteiger partial charge in [-0.15, -0.1) is 0 Å². The molecule has 0 saturated carbocycles. The van der Waals surface area contributed by atoms with Crippen molar-refractivity contribution < 1.29 is 4.39 Å². The van der Waals surface area contributed by atoms with E-state index >= 15 is 0 Å². The minimum Gasteiger partial charge on any atom is -0.307 e. The van der Waals surface area contributed by atoms with Gasteiger partial charge in [-0.25, -0.2) is 4.39 Å². The van der Waals surface area contributed by atoms with Crippen molar-refractivity contribution in [2.45, 2.75) is 25.9 Å². The summed E-state index contributed by atoms with van der Waals surface area (Å²) < 4.78 is 14.7. The molecule has 2 aromatic heterocycles. The largest absolute Gasteiger partial charge is 0.307 e. The molecule has 0 aliphatic carbocycles. The van der Waals surface area contributed by atoms with E-state index in [2.05, 4.69) is 22.3 Å². The summed E-state index contributed by atoms with van der Waals surface area (Å²) in [6, 6.07) is 5.23. The number of nitrogens with zero attached hydrogens (tertiary/aromatic N) is 3. The summed E-state index contributed by atoms with van der Waals surface area (Å²) in [5.41, 5.74) is 0.874. The van der Waals surface area contributed by atoms with Gasteiger partial charge in [0.2, 0.25) is 0 Å². The van der Waals surface area contributed by atoms with Crippen molar-refractivity contribution in [3.63, 3.8) is 0 Å². The van der Waals surface area contributed by atoms with Crippen LogP contribution in [0.15, 0.2) is 36.8 Å². The molecule has 18 heavy (non-hydrogen) atoms. The van der Waals surface area contributed by atoms with Crippen LogP contribution in [-0.2, 0) is 6.54 Å². The summed E-state index contributed by atoms with van der Waals surface area (Å²) in [5, 5.41) is 7.53. The van der Waals surface area contributed by atoms with Gasteiger partial charge < -0.3 is 5.32 Å². The first-order valence-electron chi connectivity index (χ1n) is 6.12. The van der Waals surface area contributed by atoms with Gasteiger partial charge in [-0.1, -0.05) is 6.92 Å². The van der Waals surface area contributed by atoms with E-state index in [4.69, 9.17) is 0 Å². The number of halogens is 1. The van der Waals surface area contributed by atoms with E-state index < -0.39 is 0 Å². The van der Waals surface area contributed by atoms with Crippen LogP contribution in [0.4, 0.5) is 4.39 Å². The molecule has 0 radical (unpaired) electrons. The second-order valence-electron chi connectivity index (χ2n) is 4.09. The lowest BCUT2D eigenvalue weighted by atomic mass is 10.1. The first-order chi connectivity index (χ1) is 8.79. The lowest BCUT2D eigenvalue weighted by molar-refractivity contribution is 0.468. The molecule has 0 aliphatic rings. The standard InChI is InChI=1S/C13H17FN4/c1-2-12(13-5-4-11(14)10-16-13)15-7-9-18-8-3-6-17-18/h3-6,8,10,12,15H,2,7,9H2,1H3. The second-order valence-corrected chi connectivity index (χ2v) is 4.09. The average molecular weight is 248 g/mol. The van der Waals surface area contributed by atoms with E-state index in [1.54, 1.807) is 12.3 Å². The Morgan fingerprint density at radius 1 is 1.44 bits per heavy atom. The Balaban J connectivity index is 1.87. The van der Waals surface area contributed by atoms with Crippen LogP contribution in [0.2, 0.25) is 0 Å². The van der Waals surface area contributed by atoms with E-state index in [9.17, 15) is 4.39 Å². The maximum absolute atomic E-state index is 12.8. The molecule has 0 aromatic carbocycles. The quantitative estimate of drug-likeness (QED) is 0.851. The van der Waals surface area contributed by atoms with E-state index in [1.165, 1.54) is 12.3 Å². The Labute approximate surface area is 106 Å². The number of pyridine rings is 1. The number of aromatic nitrogens is 3. The van der Waals surface area contributed by atoms with Crippen molar-refractivity contribution in [2.75, 3.05) is 6.54 Å². The molecule has 2 aromatic rings. The number of hydrogen-bond donors (Lipinski definition) is 1. The molecule has 1 N–H and O–H groups in total. The van der Waals surface area contributed by atoms with Crippen molar-refractivity contribution in [2.24, 2.45) is 0 Å². The lowest BCUT2D eigenvalue weighted by Gasteiger charge is -2.16. The van der Waals surface area contributed by atoms with Crippen LogP contribution < -0.4 is 5.32 Å². The Morgan fingerprint density at radius 2 is 2.33 bits per heavy atom. The third kappa shape index (κ3) is 3.37. The fourth-order valence-corrected chi connectivity index (χ4v) is 1.84. The van der Waals surface area contributed by atoms with E-state index in [-0.39, 0.29) is 11.9 Å². The lowest BCUT2D eigenvalue weighted by Crippen LogP contribution is -2.25. The number of hydrogen-bond acceptors (Lipinski definition) is 3. The average Bonchev–Trinajstić information content (AvgIpc) is 2.89. The summed E-state index contributed by atoms with van der Waals surface area (Å²) in [6.07, 6.45) is 5.86. The maximum atomic E-state index is 12.8. The molecule has 96 valence electrons. The minimum absolute atomic E-state index is 0.154. The summed E-state index contributed by atoms with van der Waals surface area (Å²) in [6.45, 7) is 3.69. The van der Waals surface area contributed by atoms with Crippen LogP contribution in [0.1, 0.15) is 25.1 Å². The van der Waals surface area contributed by atoms with Crippen molar-refractivity contribution >= 4 is 0 Å². The van der Waals surface area contributed by atoms with Gasteiger partial charge in [-0.3, -0.25) is 9.67 Å². The summed E-state index contributed by atoms with van der Waals surface area (Å²) >= 11 is 0. The summed E-state index contributed by atoms with van der Waals surface area (Å²) in [7, 11) is 0. The van der Waals surface area contributed by atoms with Gasteiger partial charge >= 0.3 is 0 Å². The third-order valence-corrected chi connectivity index (χ3v) is 2.81. The van der Waals surface area contributed by atoms with Crippen LogP contribution in [0.25, 0.3) is 0 Å². The van der Waals surface area contributed by atoms with Crippen LogP contribution in [-0.4, -0.2) is 21.3 Å². The first-order valence-corrected chi connectivity index (χ1v) is 6.12. The molecule has 2 rings (SSSR count). The van der Waals surface area contributed by atoms with Crippen LogP contribution in [0.3, 0.4) is 0 Å². The zero-order chi connectivity index (χ0) is 12.8. The molecular weight excluding hydrogens is 231 g/mol. The zero-order valence-corrected chi connectivity index (χ0v) is 10.4. The highest BCUT2D eigenvalue weighted by atomic mass is 19.1. The topological polar surface area (TPSA) is 42.7 Å². The van der Waals surface area contributed by atoms with Gasteiger partial charge in [0.15, 0.2) is 0 Å². The number of rotatable bonds is 6. The Bertz CT molecular complexity index is 452. The highest BCUT2D eigenvalue weighted by Gasteiger charge is 2.09. The monoisotopic (exact) mass is 248 g/mol. The molecule has 0 fully saturated rings. The van der Waals surface area contributed by atoms with Gasteiger partial charge in [0.05, 0.1) is 18.4 Å². The van der Waals surface area contributed by atoms with Gasteiger partial charge in [0, 0.05) is 25.0 Å². The Hall–Kier alpha value is -1.75. The SMILES string of the molecule is CCC(NCCn1cccn1)c1ccc(F)cn1. The molecule has 0 aliphatic heterocycles. The van der Waals surface area contributed by atoms with E-state index in [0.717, 1.165) is 25.2 Å². The Morgan fingerprint density at radius 3 is 2.94 bits per heavy atom. The normalized spacial score (nSPS) is 12.6.